The third-order valence-electron chi connectivity index (χ3n) is 2.32. The maximum Gasteiger partial charge on any atom is 0.336 e. The van der Waals surface area contributed by atoms with E-state index >= 15 is 0 Å². The van der Waals surface area contributed by atoms with E-state index in [9.17, 15) is 9.90 Å². The molecular formula is C10H16N2O4. The van der Waals surface area contributed by atoms with E-state index in [0.29, 0.717) is 12.2 Å². The first-order valence-corrected chi connectivity index (χ1v) is 4.87. The molecule has 0 fully saturated rings. The number of ether oxygens (including phenoxy) is 1. The molecule has 0 aromatic carbocycles. The minimum Gasteiger partial charge on any atom is -0.467 e. The first-order valence-electron chi connectivity index (χ1n) is 4.87. The largest absolute Gasteiger partial charge is 0.467 e. The summed E-state index contributed by atoms with van der Waals surface area (Å²) < 4.78 is 9.14. The lowest BCUT2D eigenvalue weighted by Gasteiger charge is -2.29. The number of aliphatic hydroxyl groups excluding tert-OH is 1. The second kappa shape index (κ2) is 5.09. The number of methoxy groups -OCH3 is 1. The van der Waals surface area contributed by atoms with Crippen molar-refractivity contribution in [2.24, 2.45) is 0 Å². The monoisotopic (exact) mass is 228 g/mol. The van der Waals surface area contributed by atoms with Crippen LogP contribution in [0.1, 0.15) is 19.5 Å². The number of aliphatic hydroxyl groups is 1. The van der Waals surface area contributed by atoms with Crippen molar-refractivity contribution in [2.75, 3.05) is 7.11 Å². The first-order chi connectivity index (χ1) is 7.47. The summed E-state index contributed by atoms with van der Waals surface area (Å²) in [6, 6.07) is 1.70. The lowest BCUT2D eigenvalue weighted by atomic mass is 9.97. The molecule has 6 heteroatoms. The Morgan fingerprint density at radius 2 is 2.44 bits per heavy atom. The SMILES string of the molecule is COC(=O)[C@H](O)C(C)(C)NCc1ccon1. The quantitative estimate of drug-likeness (QED) is 0.694. The van der Waals surface area contributed by atoms with Gasteiger partial charge in [-0.3, -0.25) is 0 Å². The highest BCUT2D eigenvalue weighted by atomic mass is 16.5. The van der Waals surface area contributed by atoms with Gasteiger partial charge in [0.25, 0.3) is 0 Å². The molecule has 0 radical (unpaired) electrons. The van der Waals surface area contributed by atoms with Crippen LogP contribution in [-0.2, 0) is 16.1 Å². The molecule has 0 saturated heterocycles. The fraction of sp³-hybridized carbons (Fsp3) is 0.600. The Balaban J connectivity index is 2.54. The normalized spacial score (nSPS) is 13.5. The van der Waals surface area contributed by atoms with E-state index < -0.39 is 17.6 Å². The molecule has 0 amide bonds. The number of carbonyl (C=O) groups excluding carboxylic acids is 1. The van der Waals surface area contributed by atoms with E-state index in [4.69, 9.17) is 0 Å². The summed E-state index contributed by atoms with van der Waals surface area (Å²) in [7, 11) is 1.24. The Labute approximate surface area is 93.6 Å². The van der Waals surface area contributed by atoms with E-state index in [1.165, 1.54) is 13.4 Å². The minimum atomic E-state index is -1.23. The zero-order valence-electron chi connectivity index (χ0n) is 9.56. The number of hydrogen-bond acceptors (Lipinski definition) is 6. The zero-order valence-corrected chi connectivity index (χ0v) is 9.56. The van der Waals surface area contributed by atoms with Gasteiger partial charge in [0.2, 0.25) is 0 Å². The van der Waals surface area contributed by atoms with Crippen LogP contribution in [0, 0.1) is 0 Å². The molecule has 6 nitrogen and oxygen atoms in total. The molecule has 90 valence electrons. The van der Waals surface area contributed by atoms with Crippen molar-refractivity contribution >= 4 is 5.97 Å². The molecule has 0 unspecified atom stereocenters. The van der Waals surface area contributed by atoms with Crippen LogP contribution in [0.2, 0.25) is 0 Å². The van der Waals surface area contributed by atoms with Crippen LogP contribution in [0.3, 0.4) is 0 Å². The zero-order chi connectivity index (χ0) is 12.2. The predicted octanol–water partition coefficient (Wildman–Crippen LogP) is 0.0767. The molecule has 16 heavy (non-hydrogen) atoms. The second-order valence-corrected chi connectivity index (χ2v) is 3.99. The van der Waals surface area contributed by atoms with Gasteiger partial charge >= 0.3 is 5.97 Å². The Hall–Kier alpha value is -1.40. The van der Waals surface area contributed by atoms with Gasteiger partial charge < -0.3 is 19.7 Å². The highest BCUT2D eigenvalue weighted by Crippen LogP contribution is 2.11. The Morgan fingerprint density at radius 1 is 1.75 bits per heavy atom. The summed E-state index contributed by atoms with van der Waals surface area (Å²) >= 11 is 0. The van der Waals surface area contributed by atoms with Crippen LogP contribution in [0.25, 0.3) is 0 Å². The van der Waals surface area contributed by atoms with Gasteiger partial charge in [0.1, 0.15) is 6.26 Å². The van der Waals surface area contributed by atoms with E-state index in [-0.39, 0.29) is 0 Å². The van der Waals surface area contributed by atoms with Gasteiger partial charge in [-0.05, 0) is 13.8 Å². The summed E-state index contributed by atoms with van der Waals surface area (Å²) in [6.07, 6.45) is 0.227. The summed E-state index contributed by atoms with van der Waals surface area (Å²) in [5.74, 6) is -0.669. The summed E-state index contributed by atoms with van der Waals surface area (Å²) in [5.41, 5.74) is -0.100. The Bertz CT molecular complexity index is 335. The van der Waals surface area contributed by atoms with Gasteiger partial charge in [-0.2, -0.15) is 0 Å². The van der Waals surface area contributed by atoms with Crippen LogP contribution in [-0.4, -0.2) is 35.0 Å². The standard InChI is InChI=1S/C10H16N2O4/c1-10(2,8(13)9(14)15-3)11-6-7-4-5-16-12-7/h4-5,8,11,13H,6H2,1-3H3/t8-/m0/s1. The summed E-state index contributed by atoms with van der Waals surface area (Å²) in [4.78, 5) is 11.2. The summed E-state index contributed by atoms with van der Waals surface area (Å²) in [5, 5.41) is 16.4. The van der Waals surface area contributed by atoms with Crippen LogP contribution >= 0.6 is 0 Å². The first kappa shape index (κ1) is 12.7. The maximum atomic E-state index is 11.2. The minimum absolute atomic E-state index is 0.400. The molecular weight excluding hydrogens is 212 g/mol. The number of nitrogens with zero attached hydrogens (tertiary/aromatic N) is 1. The number of esters is 1. The van der Waals surface area contributed by atoms with E-state index in [1.807, 2.05) is 0 Å². The molecule has 1 aromatic heterocycles. The number of hydrogen-bond donors (Lipinski definition) is 2. The molecule has 0 aliphatic heterocycles. The molecule has 0 bridgehead atoms. The molecule has 0 spiro atoms. The van der Waals surface area contributed by atoms with Gasteiger partial charge in [0, 0.05) is 18.2 Å². The second-order valence-electron chi connectivity index (χ2n) is 3.99. The van der Waals surface area contributed by atoms with Crippen LogP contribution in [0.5, 0.6) is 0 Å². The fourth-order valence-corrected chi connectivity index (χ4v) is 1.15. The average Bonchev–Trinajstić information content (AvgIpc) is 2.77. The fourth-order valence-electron chi connectivity index (χ4n) is 1.15. The highest BCUT2D eigenvalue weighted by molar-refractivity contribution is 5.75. The molecule has 1 aromatic rings. The number of aromatic nitrogens is 1. The van der Waals surface area contributed by atoms with Crippen molar-refractivity contribution in [3.8, 4) is 0 Å². The number of carbonyl (C=O) groups is 1. The molecule has 0 aliphatic carbocycles. The third-order valence-corrected chi connectivity index (χ3v) is 2.32. The topological polar surface area (TPSA) is 84.6 Å². The number of nitrogens with one attached hydrogen (secondary N) is 1. The molecule has 2 N–H and O–H groups in total. The van der Waals surface area contributed by atoms with Crippen molar-refractivity contribution in [3.63, 3.8) is 0 Å². The lowest BCUT2D eigenvalue weighted by Crippen LogP contribution is -2.53. The van der Waals surface area contributed by atoms with Gasteiger partial charge in [-0.15, -0.1) is 0 Å². The number of rotatable bonds is 5. The maximum absolute atomic E-state index is 11.2. The molecule has 1 heterocycles. The van der Waals surface area contributed by atoms with E-state index in [2.05, 4.69) is 19.7 Å². The van der Waals surface area contributed by atoms with Crippen molar-refractivity contribution in [2.45, 2.75) is 32.0 Å². The van der Waals surface area contributed by atoms with Gasteiger partial charge in [0.05, 0.1) is 12.8 Å². The van der Waals surface area contributed by atoms with Crippen molar-refractivity contribution in [1.29, 1.82) is 0 Å². The molecule has 0 saturated carbocycles. The van der Waals surface area contributed by atoms with E-state index in [1.54, 1.807) is 19.9 Å². The highest BCUT2D eigenvalue weighted by Gasteiger charge is 2.33. The van der Waals surface area contributed by atoms with Crippen molar-refractivity contribution in [3.05, 3.63) is 18.0 Å². The smallest absolute Gasteiger partial charge is 0.336 e. The third kappa shape index (κ3) is 3.04. The van der Waals surface area contributed by atoms with Gasteiger partial charge in [-0.1, -0.05) is 5.16 Å². The Morgan fingerprint density at radius 3 is 2.94 bits per heavy atom. The Kier molecular flexibility index (Phi) is 4.03. The molecule has 0 aliphatic rings. The average molecular weight is 228 g/mol. The van der Waals surface area contributed by atoms with Gasteiger partial charge in [-0.25, -0.2) is 4.79 Å². The van der Waals surface area contributed by atoms with Crippen LogP contribution < -0.4 is 5.32 Å². The van der Waals surface area contributed by atoms with E-state index in [0.717, 1.165) is 0 Å². The van der Waals surface area contributed by atoms with Gasteiger partial charge in [0.15, 0.2) is 6.10 Å². The molecule has 1 rings (SSSR count). The van der Waals surface area contributed by atoms with Crippen LogP contribution in [0.15, 0.2) is 16.9 Å². The molecule has 1 atom stereocenters. The van der Waals surface area contributed by atoms with Crippen molar-refractivity contribution in [1.82, 2.24) is 10.5 Å². The van der Waals surface area contributed by atoms with Crippen molar-refractivity contribution < 1.29 is 19.2 Å². The lowest BCUT2D eigenvalue weighted by molar-refractivity contribution is -0.154. The predicted molar refractivity (Wildman–Crippen MR) is 55.4 cm³/mol. The van der Waals surface area contributed by atoms with Crippen LogP contribution in [0.4, 0.5) is 0 Å². The summed E-state index contributed by atoms with van der Waals surface area (Å²) in [6.45, 7) is 3.81.